The Morgan fingerprint density at radius 2 is 1.66 bits per heavy atom. The number of nitrogens with one attached hydrogen (secondary N) is 1. The van der Waals surface area contributed by atoms with E-state index in [9.17, 15) is 8.42 Å². The van der Waals surface area contributed by atoms with E-state index in [1.807, 2.05) is 0 Å². The molecule has 0 aliphatic heterocycles. The number of benzene rings is 2. The van der Waals surface area contributed by atoms with Crippen LogP contribution in [0.2, 0.25) is 10.0 Å². The Labute approximate surface area is 230 Å². The van der Waals surface area contributed by atoms with Gasteiger partial charge in [-0.05, 0) is 37.3 Å². The Kier molecular flexibility index (Phi) is 6.97. The predicted octanol–water partition coefficient (Wildman–Crippen LogP) is 5.86. The molecule has 0 radical (unpaired) electrons. The second kappa shape index (κ2) is 10.2. The summed E-state index contributed by atoms with van der Waals surface area (Å²) in [5.41, 5.74) is 6.75. The van der Waals surface area contributed by atoms with Gasteiger partial charge in [0.05, 0.1) is 32.0 Å². The molecule has 14 heteroatoms. The van der Waals surface area contributed by atoms with Crippen molar-refractivity contribution in [2.45, 2.75) is 11.8 Å². The van der Waals surface area contributed by atoms with Crippen LogP contribution in [0, 0.1) is 12.7 Å². The molecule has 0 bridgehead atoms. The minimum atomic E-state index is -4.33. The standard InChI is InChI=1S/C24H16Cl2FN7O2S2/c1-12-30-10-13(11-31-12)23-33-20(21(37-23)18-8-9-29-24(28)32-18)14-4-2-7-17(19(14)27)34-38(35,36)22-15(25)5-3-6-16(22)26/h2-11,34H,1H3,(H2,28,29,32). The number of hydrogen-bond donors (Lipinski definition) is 2. The molecule has 3 aromatic heterocycles. The fraction of sp³-hybridized carbons (Fsp3) is 0.0417. The predicted molar refractivity (Wildman–Crippen MR) is 146 cm³/mol. The van der Waals surface area contributed by atoms with Gasteiger partial charge in [-0.25, -0.2) is 37.7 Å². The van der Waals surface area contributed by atoms with Gasteiger partial charge in [0.25, 0.3) is 10.0 Å². The number of aromatic nitrogens is 5. The van der Waals surface area contributed by atoms with Crippen LogP contribution < -0.4 is 10.5 Å². The van der Waals surface area contributed by atoms with Gasteiger partial charge in [-0.3, -0.25) is 4.72 Å². The lowest BCUT2D eigenvalue weighted by Crippen LogP contribution is -2.15. The Morgan fingerprint density at radius 3 is 2.34 bits per heavy atom. The molecule has 0 saturated carbocycles. The quantitative estimate of drug-likeness (QED) is 0.252. The molecule has 0 unspecified atom stereocenters. The fourth-order valence-corrected chi connectivity index (χ4v) is 6.76. The Morgan fingerprint density at radius 1 is 0.974 bits per heavy atom. The topological polar surface area (TPSA) is 137 Å². The zero-order chi connectivity index (χ0) is 27.0. The van der Waals surface area contributed by atoms with Crippen LogP contribution in [0.25, 0.3) is 32.4 Å². The van der Waals surface area contributed by atoms with Gasteiger partial charge in [0.15, 0.2) is 5.82 Å². The maximum Gasteiger partial charge on any atom is 0.264 e. The maximum absolute atomic E-state index is 15.9. The highest BCUT2D eigenvalue weighted by atomic mass is 35.5. The van der Waals surface area contributed by atoms with Gasteiger partial charge in [-0.15, -0.1) is 11.3 Å². The highest BCUT2D eigenvalue weighted by Crippen LogP contribution is 2.42. The average molecular weight is 588 g/mol. The summed E-state index contributed by atoms with van der Waals surface area (Å²) in [7, 11) is -4.33. The van der Waals surface area contributed by atoms with Crippen molar-refractivity contribution in [1.82, 2.24) is 24.9 Å². The van der Waals surface area contributed by atoms with Crippen LogP contribution >= 0.6 is 34.5 Å². The minimum Gasteiger partial charge on any atom is -0.368 e. The number of aryl methyl sites for hydroxylation is 1. The molecule has 5 aromatic rings. The van der Waals surface area contributed by atoms with Crippen molar-refractivity contribution in [3.8, 4) is 32.4 Å². The molecule has 9 nitrogen and oxygen atoms in total. The number of anilines is 2. The molecule has 0 saturated heterocycles. The van der Waals surface area contributed by atoms with Crippen molar-refractivity contribution in [3.05, 3.63) is 82.7 Å². The third kappa shape index (κ3) is 5.03. The molecule has 2 aromatic carbocycles. The monoisotopic (exact) mass is 587 g/mol. The van der Waals surface area contributed by atoms with Crippen LogP contribution in [-0.2, 0) is 10.0 Å². The molecule has 38 heavy (non-hydrogen) atoms. The molecule has 0 fully saturated rings. The van der Waals surface area contributed by atoms with E-state index in [0.29, 0.717) is 27.0 Å². The fourth-order valence-electron chi connectivity index (χ4n) is 3.53. The molecule has 5 rings (SSSR count). The zero-order valence-corrected chi connectivity index (χ0v) is 22.5. The number of nitrogens with zero attached hydrogens (tertiary/aromatic N) is 5. The van der Waals surface area contributed by atoms with Gasteiger partial charge >= 0.3 is 0 Å². The van der Waals surface area contributed by atoms with Gasteiger partial charge < -0.3 is 5.73 Å². The second-order valence-corrected chi connectivity index (χ2v) is 11.3. The van der Waals surface area contributed by atoms with Gasteiger partial charge in [0.2, 0.25) is 5.95 Å². The smallest absolute Gasteiger partial charge is 0.264 e. The van der Waals surface area contributed by atoms with Crippen molar-refractivity contribution in [2.75, 3.05) is 10.5 Å². The van der Waals surface area contributed by atoms with Crippen molar-refractivity contribution in [1.29, 1.82) is 0 Å². The second-order valence-electron chi connectivity index (χ2n) is 7.84. The SMILES string of the molecule is Cc1ncc(-c2nc(-c3cccc(NS(=O)(=O)c4c(Cl)cccc4Cl)c3F)c(-c3ccnc(N)n3)s2)cn1. The summed E-state index contributed by atoms with van der Waals surface area (Å²) < 4.78 is 44.3. The van der Waals surface area contributed by atoms with E-state index in [1.165, 1.54) is 53.9 Å². The van der Waals surface area contributed by atoms with E-state index in [2.05, 4.69) is 29.6 Å². The number of rotatable bonds is 6. The van der Waals surface area contributed by atoms with Crippen LogP contribution in [0.1, 0.15) is 5.82 Å². The van der Waals surface area contributed by atoms with Gasteiger partial charge in [-0.1, -0.05) is 35.3 Å². The van der Waals surface area contributed by atoms with Crippen LogP contribution in [-0.4, -0.2) is 33.3 Å². The molecule has 0 spiro atoms. The van der Waals surface area contributed by atoms with E-state index < -0.39 is 15.8 Å². The summed E-state index contributed by atoms with van der Waals surface area (Å²) in [6, 6.07) is 10.1. The van der Waals surface area contributed by atoms with E-state index >= 15 is 4.39 Å². The van der Waals surface area contributed by atoms with E-state index in [-0.39, 0.29) is 37.8 Å². The third-order valence-corrected chi connectivity index (χ3v) is 8.69. The molecule has 0 aliphatic rings. The molecule has 0 atom stereocenters. The van der Waals surface area contributed by atoms with Crippen molar-refractivity contribution < 1.29 is 12.8 Å². The van der Waals surface area contributed by atoms with Crippen molar-refractivity contribution >= 4 is 56.2 Å². The Bertz CT molecular complexity index is 1760. The number of halogens is 3. The third-order valence-electron chi connectivity index (χ3n) is 5.25. The van der Waals surface area contributed by atoms with Crippen LogP contribution in [0.4, 0.5) is 16.0 Å². The number of nitrogens with two attached hydrogens (primary N) is 1. The largest absolute Gasteiger partial charge is 0.368 e. The lowest BCUT2D eigenvalue weighted by Gasteiger charge is -2.13. The normalized spacial score (nSPS) is 11.5. The molecular formula is C24H16Cl2FN7O2S2. The van der Waals surface area contributed by atoms with Crippen molar-refractivity contribution in [2.24, 2.45) is 0 Å². The summed E-state index contributed by atoms with van der Waals surface area (Å²) in [4.78, 5) is 21.4. The van der Waals surface area contributed by atoms with Crippen molar-refractivity contribution in [3.63, 3.8) is 0 Å². The van der Waals surface area contributed by atoms with Gasteiger partial charge in [0.1, 0.15) is 15.7 Å². The first-order valence-corrected chi connectivity index (χ1v) is 13.8. The number of sulfonamides is 1. The lowest BCUT2D eigenvalue weighted by atomic mass is 10.1. The summed E-state index contributed by atoms with van der Waals surface area (Å²) in [5, 5.41) is 0.296. The number of hydrogen-bond acceptors (Lipinski definition) is 9. The summed E-state index contributed by atoms with van der Waals surface area (Å²) >= 11 is 13.4. The maximum atomic E-state index is 15.9. The van der Waals surface area contributed by atoms with E-state index in [1.54, 1.807) is 25.4 Å². The number of nitrogen functional groups attached to an aromatic ring is 1. The molecule has 3 N–H and O–H groups in total. The van der Waals surface area contributed by atoms with E-state index in [4.69, 9.17) is 28.9 Å². The molecule has 3 heterocycles. The van der Waals surface area contributed by atoms with Gasteiger partial charge in [0, 0.05) is 29.7 Å². The molecule has 0 aliphatic carbocycles. The molecule has 192 valence electrons. The highest BCUT2D eigenvalue weighted by molar-refractivity contribution is 7.93. The van der Waals surface area contributed by atoms with E-state index in [0.717, 1.165) is 0 Å². The molecular weight excluding hydrogens is 572 g/mol. The highest BCUT2D eigenvalue weighted by Gasteiger charge is 2.26. The summed E-state index contributed by atoms with van der Waals surface area (Å²) in [5.74, 6) is -0.251. The Hall–Kier alpha value is -3.71. The van der Waals surface area contributed by atoms with Crippen LogP contribution in [0.15, 0.2) is 66.0 Å². The first-order valence-electron chi connectivity index (χ1n) is 10.8. The van der Waals surface area contributed by atoms with Crippen LogP contribution in [0.3, 0.4) is 0 Å². The number of thiazole rings is 1. The first kappa shape index (κ1) is 25.9. The molecule has 0 amide bonds. The first-order chi connectivity index (χ1) is 18.1. The van der Waals surface area contributed by atoms with Crippen LogP contribution in [0.5, 0.6) is 0 Å². The average Bonchev–Trinajstić information content (AvgIpc) is 3.31. The summed E-state index contributed by atoms with van der Waals surface area (Å²) in [6.45, 7) is 1.75. The zero-order valence-electron chi connectivity index (χ0n) is 19.4. The van der Waals surface area contributed by atoms with Gasteiger partial charge in [-0.2, -0.15) is 0 Å². The minimum absolute atomic E-state index is 0.0261. The lowest BCUT2D eigenvalue weighted by molar-refractivity contribution is 0.599. The Balaban J connectivity index is 1.64. The summed E-state index contributed by atoms with van der Waals surface area (Å²) in [6.07, 6.45) is 4.69.